The maximum Gasteiger partial charge on any atom is 0.226 e. The molecule has 0 amide bonds. The van der Waals surface area contributed by atoms with Crippen LogP contribution in [-0.4, -0.2) is 24.5 Å². The number of guanidine groups is 1. The van der Waals surface area contributed by atoms with Crippen molar-refractivity contribution in [2.24, 2.45) is 4.99 Å². The van der Waals surface area contributed by atoms with Crippen molar-refractivity contribution in [1.82, 2.24) is 15.6 Å². The van der Waals surface area contributed by atoms with E-state index in [1.54, 1.807) is 25.4 Å². The Balaban J connectivity index is 1.47. The second kappa shape index (κ2) is 8.80. The van der Waals surface area contributed by atoms with Crippen molar-refractivity contribution in [2.45, 2.75) is 13.0 Å². The van der Waals surface area contributed by atoms with Gasteiger partial charge in [-0.15, -0.1) is 0 Å². The molecule has 2 aromatic carbocycles. The molecular weight excluding hydrogens is 331 g/mol. The number of rotatable bonds is 6. The first-order chi connectivity index (χ1) is 12.7. The smallest absolute Gasteiger partial charge is 0.226 e. The molecular formula is C20H21FN4O. The monoisotopic (exact) mass is 352 g/mol. The van der Waals surface area contributed by atoms with Crippen LogP contribution in [0.4, 0.5) is 4.39 Å². The van der Waals surface area contributed by atoms with Crippen LogP contribution in [0.3, 0.4) is 0 Å². The third-order valence-corrected chi connectivity index (χ3v) is 3.84. The molecule has 5 nitrogen and oxygen atoms in total. The second-order valence-electron chi connectivity index (χ2n) is 5.74. The van der Waals surface area contributed by atoms with Gasteiger partial charge in [0.05, 0.1) is 5.69 Å². The Kier molecular flexibility index (Phi) is 5.98. The van der Waals surface area contributed by atoms with Crippen LogP contribution in [0, 0.1) is 5.82 Å². The lowest BCUT2D eigenvalue weighted by molar-refractivity contribution is 0.571. The number of nitrogens with one attached hydrogen (secondary N) is 2. The van der Waals surface area contributed by atoms with Crippen LogP contribution >= 0.6 is 0 Å². The van der Waals surface area contributed by atoms with Gasteiger partial charge in [-0.05, 0) is 29.8 Å². The number of oxazole rings is 1. The molecule has 0 radical (unpaired) electrons. The number of aromatic nitrogens is 1. The van der Waals surface area contributed by atoms with E-state index in [0.29, 0.717) is 25.4 Å². The molecule has 1 aromatic heterocycles. The zero-order valence-electron chi connectivity index (χ0n) is 14.6. The van der Waals surface area contributed by atoms with Crippen LogP contribution in [0.1, 0.15) is 11.3 Å². The van der Waals surface area contributed by atoms with Crippen molar-refractivity contribution in [3.63, 3.8) is 0 Å². The van der Waals surface area contributed by atoms with Gasteiger partial charge in [0.1, 0.15) is 12.1 Å². The SMILES string of the molecule is CN=C(NCCc1coc(-c2ccc(F)cc2)n1)NCc1ccccc1. The molecule has 6 heteroatoms. The van der Waals surface area contributed by atoms with E-state index in [9.17, 15) is 4.39 Å². The quantitative estimate of drug-likeness (QED) is 0.527. The number of hydrogen-bond donors (Lipinski definition) is 2. The number of hydrogen-bond acceptors (Lipinski definition) is 3. The van der Waals surface area contributed by atoms with Gasteiger partial charge in [0.25, 0.3) is 0 Å². The first-order valence-electron chi connectivity index (χ1n) is 8.43. The van der Waals surface area contributed by atoms with Crippen molar-refractivity contribution in [3.8, 4) is 11.5 Å². The standard InChI is InChI=1S/C20H21FN4O/c1-22-20(24-13-15-5-3-2-4-6-15)23-12-11-18-14-26-19(25-18)16-7-9-17(21)10-8-16/h2-10,14H,11-13H2,1H3,(H2,22,23,24). The van der Waals surface area contributed by atoms with Gasteiger partial charge in [-0.1, -0.05) is 30.3 Å². The summed E-state index contributed by atoms with van der Waals surface area (Å²) >= 11 is 0. The van der Waals surface area contributed by atoms with Gasteiger partial charge < -0.3 is 15.1 Å². The fourth-order valence-corrected chi connectivity index (χ4v) is 2.46. The number of halogens is 1. The molecule has 0 spiro atoms. The maximum atomic E-state index is 13.0. The van der Waals surface area contributed by atoms with E-state index in [0.717, 1.165) is 17.2 Å². The van der Waals surface area contributed by atoms with Crippen molar-refractivity contribution >= 4 is 5.96 Å². The normalized spacial score (nSPS) is 11.4. The van der Waals surface area contributed by atoms with Crippen LogP contribution < -0.4 is 10.6 Å². The summed E-state index contributed by atoms with van der Waals surface area (Å²) in [6.45, 7) is 1.38. The Morgan fingerprint density at radius 3 is 2.58 bits per heavy atom. The molecule has 0 bridgehead atoms. The number of aliphatic imine (C=N–C) groups is 1. The average Bonchev–Trinajstić information content (AvgIpc) is 3.15. The van der Waals surface area contributed by atoms with E-state index in [4.69, 9.17) is 4.42 Å². The lowest BCUT2D eigenvalue weighted by Gasteiger charge is -2.11. The van der Waals surface area contributed by atoms with E-state index in [1.165, 1.54) is 17.7 Å². The lowest BCUT2D eigenvalue weighted by atomic mass is 10.2. The Hall–Kier alpha value is -3.15. The molecule has 0 saturated carbocycles. The fourth-order valence-electron chi connectivity index (χ4n) is 2.46. The number of benzene rings is 2. The van der Waals surface area contributed by atoms with Gasteiger partial charge in [0, 0.05) is 32.1 Å². The summed E-state index contributed by atoms with van der Waals surface area (Å²) in [6.07, 6.45) is 2.32. The Labute approximate surface area is 152 Å². The highest BCUT2D eigenvalue weighted by molar-refractivity contribution is 5.79. The zero-order chi connectivity index (χ0) is 18.2. The second-order valence-corrected chi connectivity index (χ2v) is 5.74. The molecule has 1 heterocycles. The van der Waals surface area contributed by atoms with Crippen LogP contribution in [-0.2, 0) is 13.0 Å². The van der Waals surface area contributed by atoms with Crippen LogP contribution in [0.25, 0.3) is 11.5 Å². The molecule has 0 aliphatic carbocycles. The summed E-state index contributed by atoms with van der Waals surface area (Å²) in [4.78, 5) is 8.65. The Morgan fingerprint density at radius 2 is 1.85 bits per heavy atom. The van der Waals surface area contributed by atoms with E-state index >= 15 is 0 Å². The molecule has 0 aliphatic rings. The molecule has 0 atom stereocenters. The minimum Gasteiger partial charge on any atom is -0.444 e. The first kappa shape index (κ1) is 17.7. The third-order valence-electron chi connectivity index (χ3n) is 3.84. The van der Waals surface area contributed by atoms with Gasteiger partial charge in [-0.3, -0.25) is 4.99 Å². The van der Waals surface area contributed by atoms with Crippen LogP contribution in [0.2, 0.25) is 0 Å². The highest BCUT2D eigenvalue weighted by atomic mass is 19.1. The summed E-state index contributed by atoms with van der Waals surface area (Å²) in [5.74, 6) is 0.946. The molecule has 26 heavy (non-hydrogen) atoms. The molecule has 0 aliphatic heterocycles. The largest absolute Gasteiger partial charge is 0.444 e. The van der Waals surface area contributed by atoms with Crippen LogP contribution in [0.15, 0.2) is 70.3 Å². The molecule has 0 unspecified atom stereocenters. The van der Waals surface area contributed by atoms with E-state index < -0.39 is 0 Å². The van der Waals surface area contributed by atoms with E-state index in [1.807, 2.05) is 18.2 Å². The molecule has 0 fully saturated rings. The fraction of sp³-hybridized carbons (Fsp3) is 0.200. The minimum atomic E-state index is -0.279. The summed E-state index contributed by atoms with van der Waals surface area (Å²) in [5.41, 5.74) is 2.78. The predicted octanol–water partition coefficient (Wildman–Crippen LogP) is 3.39. The lowest BCUT2D eigenvalue weighted by Crippen LogP contribution is -2.37. The van der Waals surface area contributed by atoms with Gasteiger partial charge in [0.15, 0.2) is 5.96 Å². The van der Waals surface area contributed by atoms with Gasteiger partial charge in [-0.2, -0.15) is 0 Å². The summed E-state index contributed by atoms with van der Waals surface area (Å²) in [5, 5.41) is 6.52. The summed E-state index contributed by atoms with van der Waals surface area (Å²) in [6, 6.07) is 16.2. The molecule has 0 saturated heterocycles. The summed E-state index contributed by atoms with van der Waals surface area (Å²) in [7, 11) is 1.74. The van der Waals surface area contributed by atoms with E-state index in [-0.39, 0.29) is 5.82 Å². The predicted molar refractivity (Wildman–Crippen MR) is 100 cm³/mol. The topological polar surface area (TPSA) is 62.5 Å². The van der Waals surface area contributed by atoms with Gasteiger partial charge in [0.2, 0.25) is 5.89 Å². The van der Waals surface area contributed by atoms with Crippen molar-refractivity contribution in [3.05, 3.63) is 77.9 Å². The maximum absolute atomic E-state index is 13.0. The van der Waals surface area contributed by atoms with Crippen molar-refractivity contribution in [2.75, 3.05) is 13.6 Å². The van der Waals surface area contributed by atoms with Crippen molar-refractivity contribution in [1.29, 1.82) is 0 Å². The number of nitrogens with zero attached hydrogens (tertiary/aromatic N) is 2. The first-order valence-corrected chi connectivity index (χ1v) is 8.43. The minimum absolute atomic E-state index is 0.279. The van der Waals surface area contributed by atoms with Crippen molar-refractivity contribution < 1.29 is 8.81 Å². The Morgan fingerprint density at radius 1 is 1.08 bits per heavy atom. The third kappa shape index (κ3) is 4.92. The highest BCUT2D eigenvalue weighted by Crippen LogP contribution is 2.18. The zero-order valence-corrected chi connectivity index (χ0v) is 14.6. The van der Waals surface area contributed by atoms with Crippen LogP contribution in [0.5, 0.6) is 0 Å². The van der Waals surface area contributed by atoms with Gasteiger partial charge >= 0.3 is 0 Å². The van der Waals surface area contributed by atoms with E-state index in [2.05, 4.69) is 32.7 Å². The molecule has 2 N–H and O–H groups in total. The Bertz CT molecular complexity index is 844. The molecule has 3 rings (SSSR count). The average molecular weight is 352 g/mol. The molecule has 3 aromatic rings. The van der Waals surface area contributed by atoms with Gasteiger partial charge in [-0.25, -0.2) is 9.37 Å². The molecule has 134 valence electrons. The summed E-state index contributed by atoms with van der Waals surface area (Å²) < 4.78 is 18.5. The highest BCUT2D eigenvalue weighted by Gasteiger charge is 2.07.